The minimum Gasteiger partial charge on any atom is -0.284 e. The first kappa shape index (κ1) is 19.0. The first-order valence-electron chi connectivity index (χ1n) is 9.72. The molecule has 0 spiro atoms. The van der Waals surface area contributed by atoms with Crippen molar-refractivity contribution in [2.75, 3.05) is 0 Å². The van der Waals surface area contributed by atoms with Crippen LogP contribution in [-0.4, -0.2) is 25.5 Å². The van der Waals surface area contributed by atoms with E-state index in [1.54, 1.807) is 4.68 Å². The molecule has 3 aromatic carbocycles. The Morgan fingerprint density at radius 2 is 1.65 bits per heavy atom. The average Bonchev–Trinajstić information content (AvgIpc) is 3.43. The van der Waals surface area contributed by atoms with Crippen LogP contribution in [0, 0.1) is 0 Å². The second-order valence-corrected chi connectivity index (χ2v) is 7.66. The van der Waals surface area contributed by atoms with Crippen molar-refractivity contribution in [3.8, 4) is 16.9 Å². The van der Waals surface area contributed by atoms with E-state index in [1.165, 1.54) is 11.3 Å². The highest BCUT2D eigenvalue weighted by atomic mass is 32.1. The number of para-hydroxylation sites is 2. The van der Waals surface area contributed by atoms with Gasteiger partial charge < -0.3 is 0 Å². The van der Waals surface area contributed by atoms with Crippen LogP contribution in [0.4, 0.5) is 0 Å². The Morgan fingerprint density at radius 3 is 2.45 bits per heavy atom. The quantitative estimate of drug-likeness (QED) is 0.437. The van der Waals surface area contributed by atoms with E-state index in [1.807, 2.05) is 82.7 Å². The summed E-state index contributed by atoms with van der Waals surface area (Å²) in [7, 11) is 0. The monoisotopic (exact) mass is 426 g/mol. The summed E-state index contributed by atoms with van der Waals surface area (Å²) in [6.07, 6.45) is 0. The van der Waals surface area contributed by atoms with Crippen molar-refractivity contribution < 1.29 is 4.79 Å². The van der Waals surface area contributed by atoms with E-state index < -0.39 is 0 Å². The molecule has 0 bridgehead atoms. The van der Waals surface area contributed by atoms with E-state index in [-0.39, 0.29) is 12.5 Å². The van der Waals surface area contributed by atoms with E-state index in [2.05, 4.69) is 33.0 Å². The molecule has 1 N–H and O–H groups in total. The summed E-state index contributed by atoms with van der Waals surface area (Å²) < 4.78 is 3.60. The maximum absolute atomic E-state index is 12.6. The normalized spacial score (nSPS) is 11.7. The van der Waals surface area contributed by atoms with E-state index in [0.29, 0.717) is 4.80 Å². The smallest absolute Gasteiger partial charge is 0.261 e. The predicted molar refractivity (Wildman–Crippen MR) is 120 cm³/mol. The van der Waals surface area contributed by atoms with Crippen LogP contribution in [-0.2, 0) is 11.3 Å². The summed E-state index contributed by atoms with van der Waals surface area (Å²) in [5.74, 6) is -0.273. The van der Waals surface area contributed by atoms with Gasteiger partial charge in [0.15, 0.2) is 0 Å². The second kappa shape index (κ2) is 8.37. The minimum atomic E-state index is -0.273. The number of rotatable bonds is 5. The lowest BCUT2D eigenvalue weighted by Crippen LogP contribution is -2.27. The lowest BCUT2D eigenvalue weighted by molar-refractivity contribution is -0.121. The average molecular weight is 427 g/mol. The lowest BCUT2D eigenvalue weighted by atomic mass is 10.1. The fourth-order valence-corrected chi connectivity index (χ4v) is 4.21. The van der Waals surface area contributed by atoms with Gasteiger partial charge in [0.05, 0.1) is 11.2 Å². The van der Waals surface area contributed by atoms with E-state index in [4.69, 9.17) is 0 Å². The molecule has 5 rings (SSSR count). The van der Waals surface area contributed by atoms with Gasteiger partial charge in [-0.25, -0.2) is 10.1 Å². The first-order chi connectivity index (χ1) is 15.3. The van der Waals surface area contributed by atoms with Crippen molar-refractivity contribution >= 4 is 28.3 Å². The van der Waals surface area contributed by atoms with Crippen molar-refractivity contribution in [2.45, 2.75) is 6.54 Å². The zero-order valence-corrected chi connectivity index (χ0v) is 17.2. The Bertz CT molecular complexity index is 1400. The van der Waals surface area contributed by atoms with Crippen LogP contribution in [0.15, 0.2) is 95.4 Å². The van der Waals surface area contributed by atoms with Gasteiger partial charge in [0.2, 0.25) is 4.80 Å². The summed E-state index contributed by atoms with van der Waals surface area (Å²) in [5.41, 5.74) is 7.27. The number of benzene rings is 3. The Labute approximate surface area is 181 Å². The fraction of sp³-hybridized carbons (Fsp3) is 0.0435. The Morgan fingerprint density at radius 1 is 0.935 bits per heavy atom. The van der Waals surface area contributed by atoms with Gasteiger partial charge in [0.1, 0.15) is 12.1 Å². The predicted octanol–water partition coefficient (Wildman–Crippen LogP) is 3.58. The molecule has 152 valence electrons. The number of nitrogens with one attached hydrogen (secondary N) is 1. The Balaban J connectivity index is 1.47. The van der Waals surface area contributed by atoms with E-state index >= 15 is 0 Å². The largest absolute Gasteiger partial charge is 0.284 e. The van der Waals surface area contributed by atoms with Crippen LogP contribution in [0.2, 0.25) is 0 Å². The molecule has 0 aliphatic rings. The molecular formula is C23H18N6OS. The third-order valence-corrected chi connectivity index (χ3v) is 5.61. The molecule has 0 saturated heterocycles. The highest BCUT2D eigenvalue weighted by Crippen LogP contribution is 2.23. The summed E-state index contributed by atoms with van der Waals surface area (Å²) in [5, 5.41) is 14.6. The van der Waals surface area contributed by atoms with Crippen molar-refractivity contribution in [2.24, 2.45) is 5.10 Å². The van der Waals surface area contributed by atoms with Gasteiger partial charge in [-0.3, -0.25) is 9.36 Å². The molecule has 2 aromatic heterocycles. The van der Waals surface area contributed by atoms with E-state index in [0.717, 1.165) is 28.0 Å². The summed E-state index contributed by atoms with van der Waals surface area (Å²) in [6, 6.07) is 27.6. The van der Waals surface area contributed by atoms with Gasteiger partial charge in [-0.15, -0.1) is 21.5 Å². The number of thiazole rings is 1. The maximum atomic E-state index is 12.6. The van der Waals surface area contributed by atoms with Crippen molar-refractivity contribution in [1.29, 1.82) is 0 Å². The standard InChI is InChI=1S/C23H18N6OS/c30-22(15-28-20-14-8-7-13-19(20)24-27-28)25-26-23-29(18-11-5-2-6-12-18)21(16-31-23)17-9-3-1-4-10-17/h1-14,16H,15H2,(H,25,30)/b26-23-. The summed E-state index contributed by atoms with van der Waals surface area (Å²) in [6.45, 7) is 0.0340. The number of hydrogen-bond acceptors (Lipinski definition) is 5. The molecule has 5 aromatic rings. The van der Waals surface area contributed by atoms with Crippen LogP contribution in [0.3, 0.4) is 0 Å². The van der Waals surface area contributed by atoms with Gasteiger partial charge in [-0.2, -0.15) is 0 Å². The first-order valence-corrected chi connectivity index (χ1v) is 10.6. The number of aromatic nitrogens is 4. The second-order valence-electron chi connectivity index (χ2n) is 6.82. The van der Waals surface area contributed by atoms with Gasteiger partial charge in [-0.05, 0) is 29.8 Å². The van der Waals surface area contributed by atoms with Crippen LogP contribution in [0.1, 0.15) is 0 Å². The summed E-state index contributed by atoms with van der Waals surface area (Å²) in [4.78, 5) is 13.2. The number of fused-ring (bicyclic) bond motifs is 1. The zero-order valence-electron chi connectivity index (χ0n) is 16.4. The maximum Gasteiger partial charge on any atom is 0.261 e. The molecule has 0 fully saturated rings. The molecule has 31 heavy (non-hydrogen) atoms. The number of carbonyl (C=O) groups is 1. The van der Waals surface area contributed by atoms with Gasteiger partial charge in [0, 0.05) is 11.1 Å². The molecule has 1 amide bonds. The molecule has 7 nitrogen and oxygen atoms in total. The highest BCUT2D eigenvalue weighted by Gasteiger charge is 2.11. The number of amides is 1. The molecular weight excluding hydrogens is 408 g/mol. The third-order valence-electron chi connectivity index (χ3n) is 4.78. The van der Waals surface area contributed by atoms with Crippen LogP contribution >= 0.6 is 11.3 Å². The van der Waals surface area contributed by atoms with Crippen molar-refractivity contribution in [3.05, 3.63) is 95.1 Å². The number of hydrogen-bond donors (Lipinski definition) is 1. The molecule has 0 aliphatic carbocycles. The Hall–Kier alpha value is -4.04. The molecule has 0 saturated carbocycles. The number of carbonyl (C=O) groups excluding carboxylic acids is 1. The topological polar surface area (TPSA) is 77.1 Å². The number of nitrogens with zero attached hydrogens (tertiary/aromatic N) is 5. The van der Waals surface area contributed by atoms with Crippen molar-refractivity contribution in [3.63, 3.8) is 0 Å². The summed E-state index contributed by atoms with van der Waals surface area (Å²) >= 11 is 1.47. The highest BCUT2D eigenvalue weighted by molar-refractivity contribution is 7.07. The van der Waals surface area contributed by atoms with Crippen molar-refractivity contribution in [1.82, 2.24) is 25.0 Å². The third kappa shape index (κ3) is 3.88. The van der Waals surface area contributed by atoms with Gasteiger partial charge >= 0.3 is 0 Å². The van der Waals surface area contributed by atoms with Crippen LogP contribution < -0.4 is 10.2 Å². The van der Waals surface area contributed by atoms with Crippen LogP contribution in [0.5, 0.6) is 0 Å². The minimum absolute atomic E-state index is 0.0340. The lowest BCUT2D eigenvalue weighted by Gasteiger charge is -2.09. The van der Waals surface area contributed by atoms with Crippen LogP contribution in [0.25, 0.3) is 28.0 Å². The molecule has 0 aliphatic heterocycles. The van der Waals surface area contributed by atoms with E-state index in [9.17, 15) is 4.79 Å². The molecule has 0 unspecified atom stereocenters. The van der Waals surface area contributed by atoms with Gasteiger partial charge in [0.25, 0.3) is 5.91 Å². The molecule has 0 atom stereocenters. The van der Waals surface area contributed by atoms with Gasteiger partial charge in [-0.1, -0.05) is 65.9 Å². The molecule has 2 heterocycles. The fourth-order valence-electron chi connectivity index (χ4n) is 3.34. The molecule has 8 heteroatoms. The zero-order chi connectivity index (χ0) is 21.0. The molecule has 0 radical (unpaired) electrons. The Kier molecular flexibility index (Phi) is 5.12. The SMILES string of the molecule is O=C(Cn1nnc2ccccc21)N/N=c1\scc(-c2ccccc2)n1-c1ccccc1.